The number of alkyl halides is 1. The molecule has 0 spiro atoms. The zero-order valence-electron chi connectivity index (χ0n) is 11.3. The molecule has 1 unspecified atom stereocenters. The van der Waals surface area contributed by atoms with Gasteiger partial charge in [0.05, 0.1) is 5.38 Å². The third kappa shape index (κ3) is 2.81. The van der Waals surface area contributed by atoms with Crippen molar-refractivity contribution in [2.24, 2.45) is 0 Å². The summed E-state index contributed by atoms with van der Waals surface area (Å²) in [6, 6.07) is 8.21. The Labute approximate surface area is 132 Å². The second-order valence-electron chi connectivity index (χ2n) is 4.90. The lowest BCUT2D eigenvalue weighted by atomic mass is 10.0. The van der Waals surface area contributed by atoms with Crippen molar-refractivity contribution in [3.63, 3.8) is 0 Å². The third-order valence-corrected chi connectivity index (χ3v) is 4.16. The zero-order valence-corrected chi connectivity index (χ0v) is 12.8. The zero-order chi connectivity index (χ0) is 15.0. The molecule has 0 saturated carbocycles. The number of aryl methyl sites for hydroxylation is 1. The molecule has 0 amide bonds. The average Bonchev–Trinajstić information content (AvgIpc) is 2.48. The average molecular weight is 327 g/mol. The lowest BCUT2D eigenvalue weighted by Gasteiger charge is -2.21. The molecule has 0 aromatic heterocycles. The third-order valence-electron chi connectivity index (χ3n) is 3.36. The van der Waals surface area contributed by atoms with Gasteiger partial charge in [-0.3, -0.25) is 0 Å². The van der Waals surface area contributed by atoms with Gasteiger partial charge < -0.3 is 9.47 Å². The van der Waals surface area contributed by atoms with Gasteiger partial charge in [-0.05, 0) is 24.6 Å². The Kier molecular flexibility index (Phi) is 3.96. The first-order valence-electron chi connectivity index (χ1n) is 6.55. The first-order valence-corrected chi connectivity index (χ1v) is 7.37. The second-order valence-corrected chi connectivity index (χ2v) is 5.75. The van der Waals surface area contributed by atoms with Crippen LogP contribution >= 0.6 is 23.2 Å². The quantitative estimate of drug-likeness (QED) is 0.732. The summed E-state index contributed by atoms with van der Waals surface area (Å²) in [5.41, 5.74) is 1.94. The summed E-state index contributed by atoms with van der Waals surface area (Å²) in [4.78, 5) is 0. The van der Waals surface area contributed by atoms with Crippen LogP contribution in [0, 0.1) is 12.7 Å². The van der Waals surface area contributed by atoms with Crippen molar-refractivity contribution in [2.75, 3.05) is 13.2 Å². The summed E-state index contributed by atoms with van der Waals surface area (Å²) < 4.78 is 25.0. The highest BCUT2D eigenvalue weighted by atomic mass is 35.5. The minimum Gasteiger partial charge on any atom is -0.486 e. The van der Waals surface area contributed by atoms with Crippen LogP contribution in [0.5, 0.6) is 11.5 Å². The largest absolute Gasteiger partial charge is 0.486 e. The van der Waals surface area contributed by atoms with Crippen molar-refractivity contribution in [3.8, 4) is 11.5 Å². The van der Waals surface area contributed by atoms with Crippen molar-refractivity contribution in [2.45, 2.75) is 12.3 Å². The van der Waals surface area contributed by atoms with Crippen LogP contribution in [0.2, 0.25) is 5.02 Å². The number of benzene rings is 2. The Balaban J connectivity index is 2.05. The molecule has 110 valence electrons. The maximum absolute atomic E-state index is 14.0. The van der Waals surface area contributed by atoms with Crippen LogP contribution in [0.3, 0.4) is 0 Å². The summed E-state index contributed by atoms with van der Waals surface area (Å²) in [6.07, 6.45) is 0. The van der Waals surface area contributed by atoms with Crippen LogP contribution in [0.15, 0.2) is 30.3 Å². The standard InChI is InChI=1S/C16H13Cl2FO2/c1-9-2-3-13(19)11(6-9)16(18)10-7-14-15(8-12(10)17)21-5-4-20-14/h2-3,6-8,16H,4-5H2,1H3. The molecule has 0 N–H and O–H groups in total. The molecule has 21 heavy (non-hydrogen) atoms. The molecule has 1 atom stereocenters. The van der Waals surface area contributed by atoms with Gasteiger partial charge in [-0.1, -0.05) is 29.3 Å². The minimum absolute atomic E-state index is 0.355. The van der Waals surface area contributed by atoms with E-state index in [2.05, 4.69) is 0 Å². The van der Waals surface area contributed by atoms with Crippen molar-refractivity contribution >= 4 is 23.2 Å². The van der Waals surface area contributed by atoms with E-state index in [0.717, 1.165) is 5.56 Å². The molecule has 0 radical (unpaired) electrons. The lowest BCUT2D eigenvalue weighted by Crippen LogP contribution is -2.15. The number of halogens is 3. The van der Waals surface area contributed by atoms with Crippen molar-refractivity contribution in [1.29, 1.82) is 0 Å². The lowest BCUT2D eigenvalue weighted by molar-refractivity contribution is 0.171. The first kappa shape index (κ1) is 14.5. The van der Waals surface area contributed by atoms with Gasteiger partial charge >= 0.3 is 0 Å². The van der Waals surface area contributed by atoms with Gasteiger partial charge in [0.2, 0.25) is 0 Å². The van der Waals surface area contributed by atoms with Crippen molar-refractivity contribution in [1.82, 2.24) is 0 Å². The van der Waals surface area contributed by atoms with Gasteiger partial charge in [-0.2, -0.15) is 0 Å². The Morgan fingerprint density at radius 3 is 2.43 bits per heavy atom. The maximum Gasteiger partial charge on any atom is 0.162 e. The molecule has 1 heterocycles. The molecule has 5 heteroatoms. The Morgan fingerprint density at radius 2 is 1.71 bits per heavy atom. The molecule has 1 aliphatic heterocycles. The van der Waals surface area contributed by atoms with Gasteiger partial charge in [0.1, 0.15) is 19.0 Å². The summed E-state index contributed by atoms with van der Waals surface area (Å²) in [5.74, 6) is 0.814. The smallest absolute Gasteiger partial charge is 0.162 e. The SMILES string of the molecule is Cc1ccc(F)c(C(Cl)c2cc3c(cc2Cl)OCCO3)c1. The van der Waals surface area contributed by atoms with Crippen LogP contribution in [0.4, 0.5) is 4.39 Å². The van der Waals surface area contributed by atoms with Gasteiger partial charge in [-0.15, -0.1) is 11.6 Å². The van der Waals surface area contributed by atoms with E-state index in [-0.39, 0.29) is 5.82 Å². The first-order chi connectivity index (χ1) is 10.1. The second kappa shape index (κ2) is 5.74. The number of ether oxygens (including phenoxy) is 2. The fraction of sp³-hybridized carbons (Fsp3) is 0.250. The van der Waals surface area contributed by atoms with Crippen molar-refractivity contribution < 1.29 is 13.9 Å². The molecule has 3 rings (SSSR count). The van der Waals surface area contributed by atoms with Gasteiger partial charge in [0.15, 0.2) is 11.5 Å². The molecule has 2 aromatic carbocycles. The Hall–Kier alpha value is -1.45. The summed E-state index contributed by atoms with van der Waals surface area (Å²) in [6.45, 7) is 2.84. The van der Waals surface area contributed by atoms with E-state index in [1.54, 1.807) is 24.3 Å². The van der Waals surface area contributed by atoms with E-state index < -0.39 is 5.38 Å². The molecule has 1 aliphatic rings. The predicted octanol–water partition coefficient (Wildman–Crippen LogP) is 4.89. The van der Waals surface area contributed by atoms with E-state index >= 15 is 0 Å². The highest BCUT2D eigenvalue weighted by Crippen LogP contribution is 2.42. The molecule has 0 saturated heterocycles. The summed E-state index contributed by atoms with van der Waals surface area (Å²) in [5, 5.41) is -0.256. The fourth-order valence-corrected chi connectivity index (χ4v) is 2.97. The number of rotatable bonds is 2. The Bertz CT molecular complexity index is 688. The minimum atomic E-state index is -0.687. The highest BCUT2D eigenvalue weighted by Gasteiger charge is 2.22. The highest BCUT2D eigenvalue weighted by molar-refractivity contribution is 6.33. The van der Waals surface area contributed by atoms with E-state index in [1.165, 1.54) is 6.07 Å². The van der Waals surface area contributed by atoms with E-state index in [0.29, 0.717) is 40.9 Å². The summed E-state index contributed by atoms with van der Waals surface area (Å²) >= 11 is 12.7. The van der Waals surface area contributed by atoms with E-state index in [1.807, 2.05) is 6.92 Å². The molecule has 2 nitrogen and oxygen atoms in total. The molecule has 2 aromatic rings. The van der Waals surface area contributed by atoms with Crippen molar-refractivity contribution in [3.05, 3.63) is 57.9 Å². The van der Waals surface area contributed by atoms with Gasteiger partial charge in [0, 0.05) is 16.7 Å². The van der Waals surface area contributed by atoms with Crippen LogP contribution in [0.25, 0.3) is 0 Å². The van der Waals surface area contributed by atoms with Gasteiger partial charge in [0.25, 0.3) is 0 Å². The van der Waals surface area contributed by atoms with Crippen LogP contribution in [-0.4, -0.2) is 13.2 Å². The topological polar surface area (TPSA) is 18.5 Å². The van der Waals surface area contributed by atoms with E-state index in [4.69, 9.17) is 32.7 Å². The molecule has 0 fully saturated rings. The van der Waals surface area contributed by atoms with Crippen LogP contribution in [0.1, 0.15) is 22.1 Å². The molecule has 0 aliphatic carbocycles. The molecular formula is C16H13Cl2FO2. The van der Waals surface area contributed by atoms with Crippen LogP contribution in [-0.2, 0) is 0 Å². The maximum atomic E-state index is 14.0. The van der Waals surface area contributed by atoms with E-state index in [9.17, 15) is 4.39 Å². The number of hydrogen-bond acceptors (Lipinski definition) is 2. The molecular weight excluding hydrogens is 314 g/mol. The Morgan fingerprint density at radius 1 is 1.05 bits per heavy atom. The number of fused-ring (bicyclic) bond motifs is 1. The normalized spacial score (nSPS) is 14.9. The predicted molar refractivity (Wildman–Crippen MR) is 81.3 cm³/mol. The van der Waals surface area contributed by atoms with Crippen LogP contribution < -0.4 is 9.47 Å². The van der Waals surface area contributed by atoms with Gasteiger partial charge in [-0.25, -0.2) is 4.39 Å². The fourth-order valence-electron chi connectivity index (χ4n) is 2.30. The summed E-state index contributed by atoms with van der Waals surface area (Å²) in [7, 11) is 0. The number of hydrogen-bond donors (Lipinski definition) is 0. The molecule has 0 bridgehead atoms. The monoisotopic (exact) mass is 326 g/mol.